The number of hydrogen-bond acceptors (Lipinski definition) is 5. The fraction of sp³-hybridized carbons (Fsp3) is 0.235. The number of ether oxygens (including phenoxy) is 2. The van der Waals surface area contributed by atoms with Gasteiger partial charge in [-0.3, -0.25) is 4.79 Å². The largest absolute Gasteiger partial charge is 0.497 e. The molecule has 23 heavy (non-hydrogen) atoms. The Balaban J connectivity index is 2.41. The Kier molecular flexibility index (Phi) is 3.64. The van der Waals surface area contributed by atoms with E-state index in [0.717, 1.165) is 0 Å². The van der Waals surface area contributed by atoms with Gasteiger partial charge in [-0.1, -0.05) is 12.1 Å². The van der Waals surface area contributed by atoms with Crippen LogP contribution in [0.4, 0.5) is 0 Å². The highest BCUT2D eigenvalue weighted by Crippen LogP contribution is 2.38. The van der Waals surface area contributed by atoms with Crippen molar-refractivity contribution in [3.63, 3.8) is 0 Å². The SMILES string of the molecule is COc1cc2c(c(OC)c1)C(=O)c1c(C)cccc1S(=O)(=O)C2. The first kappa shape index (κ1) is 15.6. The molecule has 1 aliphatic rings. The van der Waals surface area contributed by atoms with Gasteiger partial charge in [0.05, 0.1) is 30.4 Å². The van der Waals surface area contributed by atoms with Crippen LogP contribution in [0.25, 0.3) is 0 Å². The Hall–Kier alpha value is -2.34. The molecule has 120 valence electrons. The quantitative estimate of drug-likeness (QED) is 0.845. The molecule has 0 radical (unpaired) electrons. The maximum Gasteiger partial charge on any atom is 0.198 e. The van der Waals surface area contributed by atoms with Gasteiger partial charge in [-0.15, -0.1) is 0 Å². The van der Waals surface area contributed by atoms with E-state index in [9.17, 15) is 13.2 Å². The average Bonchev–Trinajstić information content (AvgIpc) is 2.60. The van der Waals surface area contributed by atoms with E-state index in [1.165, 1.54) is 20.3 Å². The molecule has 0 unspecified atom stereocenters. The summed E-state index contributed by atoms with van der Waals surface area (Å²) in [5.41, 5.74) is 1.52. The number of benzene rings is 2. The molecular weight excluding hydrogens is 316 g/mol. The molecule has 0 atom stereocenters. The average molecular weight is 332 g/mol. The summed E-state index contributed by atoms with van der Waals surface area (Å²) in [5.74, 6) is 0.161. The van der Waals surface area contributed by atoms with Crippen molar-refractivity contribution < 1.29 is 22.7 Å². The Bertz CT molecular complexity index is 913. The summed E-state index contributed by atoms with van der Waals surface area (Å²) in [7, 11) is -0.705. The van der Waals surface area contributed by atoms with Gasteiger partial charge in [0.2, 0.25) is 0 Å². The summed E-state index contributed by atoms with van der Waals surface area (Å²) in [4.78, 5) is 13.1. The third-order valence-electron chi connectivity index (χ3n) is 3.98. The zero-order valence-corrected chi connectivity index (χ0v) is 13.9. The molecule has 0 saturated carbocycles. The molecule has 5 nitrogen and oxygen atoms in total. The van der Waals surface area contributed by atoms with Crippen LogP contribution in [-0.2, 0) is 15.6 Å². The van der Waals surface area contributed by atoms with E-state index in [2.05, 4.69) is 0 Å². The third kappa shape index (κ3) is 2.39. The van der Waals surface area contributed by atoms with E-state index in [-0.39, 0.29) is 27.6 Å². The Labute approximate surface area is 134 Å². The number of sulfone groups is 1. The maximum atomic E-state index is 13.0. The molecule has 0 N–H and O–H groups in total. The summed E-state index contributed by atoms with van der Waals surface area (Å²) >= 11 is 0. The Morgan fingerprint density at radius 1 is 1.04 bits per heavy atom. The normalized spacial score (nSPS) is 15.3. The number of fused-ring (bicyclic) bond motifs is 2. The molecule has 1 heterocycles. The summed E-state index contributed by atoms with van der Waals surface area (Å²) < 4.78 is 35.9. The zero-order valence-electron chi connectivity index (χ0n) is 13.0. The van der Waals surface area contributed by atoms with Gasteiger partial charge in [-0.05, 0) is 30.2 Å². The Morgan fingerprint density at radius 3 is 2.43 bits per heavy atom. The number of ketones is 1. The molecule has 2 aromatic carbocycles. The minimum absolute atomic E-state index is 0.0692. The van der Waals surface area contributed by atoms with Crippen LogP contribution in [0.1, 0.15) is 27.0 Å². The first-order valence-electron chi connectivity index (χ1n) is 7.01. The second-order valence-electron chi connectivity index (χ2n) is 5.40. The van der Waals surface area contributed by atoms with Crippen LogP contribution in [0.15, 0.2) is 35.2 Å². The molecular formula is C17H16O5S. The van der Waals surface area contributed by atoms with Crippen LogP contribution in [0, 0.1) is 6.92 Å². The minimum Gasteiger partial charge on any atom is -0.497 e. The van der Waals surface area contributed by atoms with Gasteiger partial charge in [-0.2, -0.15) is 0 Å². The lowest BCUT2D eigenvalue weighted by atomic mass is 9.95. The van der Waals surface area contributed by atoms with Crippen molar-refractivity contribution in [3.8, 4) is 11.5 Å². The number of carbonyl (C=O) groups is 1. The minimum atomic E-state index is -3.63. The molecule has 0 aromatic heterocycles. The predicted molar refractivity (Wildman–Crippen MR) is 85.0 cm³/mol. The van der Waals surface area contributed by atoms with Gasteiger partial charge >= 0.3 is 0 Å². The lowest BCUT2D eigenvalue weighted by Gasteiger charge is -2.13. The molecule has 1 aliphatic heterocycles. The second-order valence-corrected chi connectivity index (χ2v) is 7.36. The van der Waals surface area contributed by atoms with Gasteiger partial charge in [0.25, 0.3) is 0 Å². The molecule has 2 aromatic rings. The van der Waals surface area contributed by atoms with E-state index < -0.39 is 9.84 Å². The molecule has 3 rings (SSSR count). The van der Waals surface area contributed by atoms with Crippen LogP contribution in [0.3, 0.4) is 0 Å². The van der Waals surface area contributed by atoms with Crippen molar-refractivity contribution in [2.24, 2.45) is 0 Å². The summed E-state index contributed by atoms with van der Waals surface area (Å²) in [6, 6.07) is 8.02. The van der Waals surface area contributed by atoms with E-state index in [1.807, 2.05) is 0 Å². The second kappa shape index (κ2) is 5.38. The standard InChI is InChI=1S/C17H16O5S/c1-10-5-4-6-14-15(10)17(18)16-11(9-23(14,19)20)7-12(21-2)8-13(16)22-3/h4-8H,9H2,1-3H3. The van der Waals surface area contributed by atoms with Gasteiger partial charge in [-0.25, -0.2) is 8.42 Å². The first-order chi connectivity index (χ1) is 10.9. The predicted octanol–water partition coefficient (Wildman–Crippen LogP) is 2.53. The summed E-state index contributed by atoms with van der Waals surface area (Å²) in [5, 5.41) is 0. The van der Waals surface area contributed by atoms with E-state index >= 15 is 0 Å². The number of hydrogen-bond donors (Lipinski definition) is 0. The number of methoxy groups -OCH3 is 2. The lowest BCUT2D eigenvalue weighted by Crippen LogP contribution is -2.09. The summed E-state index contributed by atoms with van der Waals surface area (Å²) in [6.45, 7) is 1.73. The van der Waals surface area contributed by atoms with Crippen molar-refractivity contribution in [1.82, 2.24) is 0 Å². The highest BCUT2D eigenvalue weighted by Gasteiger charge is 2.33. The van der Waals surface area contributed by atoms with E-state index in [4.69, 9.17) is 9.47 Å². The smallest absolute Gasteiger partial charge is 0.198 e. The van der Waals surface area contributed by atoms with Gasteiger partial charge in [0, 0.05) is 11.6 Å². The van der Waals surface area contributed by atoms with E-state index in [0.29, 0.717) is 22.6 Å². The van der Waals surface area contributed by atoms with Crippen molar-refractivity contribution >= 4 is 15.6 Å². The molecule has 0 saturated heterocycles. The van der Waals surface area contributed by atoms with Gasteiger partial charge in [0.15, 0.2) is 15.6 Å². The van der Waals surface area contributed by atoms with Gasteiger partial charge in [0.1, 0.15) is 11.5 Å². The third-order valence-corrected chi connectivity index (χ3v) is 5.68. The molecule has 0 amide bonds. The van der Waals surface area contributed by atoms with Crippen molar-refractivity contribution in [2.75, 3.05) is 14.2 Å². The topological polar surface area (TPSA) is 69.7 Å². The van der Waals surface area contributed by atoms with Crippen molar-refractivity contribution in [2.45, 2.75) is 17.6 Å². The van der Waals surface area contributed by atoms with Crippen molar-refractivity contribution in [1.29, 1.82) is 0 Å². The van der Waals surface area contributed by atoms with Crippen LogP contribution in [-0.4, -0.2) is 28.4 Å². The lowest BCUT2D eigenvalue weighted by molar-refractivity contribution is 0.103. The molecule has 0 aliphatic carbocycles. The monoisotopic (exact) mass is 332 g/mol. The number of aryl methyl sites for hydroxylation is 1. The zero-order chi connectivity index (χ0) is 16.8. The number of rotatable bonds is 2. The molecule has 0 fully saturated rings. The van der Waals surface area contributed by atoms with Crippen LogP contribution in [0.5, 0.6) is 11.5 Å². The fourth-order valence-corrected chi connectivity index (χ4v) is 4.54. The van der Waals surface area contributed by atoms with Crippen LogP contribution >= 0.6 is 0 Å². The van der Waals surface area contributed by atoms with Gasteiger partial charge < -0.3 is 9.47 Å². The van der Waals surface area contributed by atoms with Crippen LogP contribution in [0.2, 0.25) is 0 Å². The fourth-order valence-electron chi connectivity index (χ4n) is 2.89. The Morgan fingerprint density at radius 2 is 1.78 bits per heavy atom. The van der Waals surface area contributed by atoms with Crippen molar-refractivity contribution in [3.05, 3.63) is 52.6 Å². The summed E-state index contributed by atoms with van der Waals surface area (Å²) in [6.07, 6.45) is 0. The van der Waals surface area contributed by atoms with E-state index in [1.54, 1.807) is 31.2 Å². The highest BCUT2D eigenvalue weighted by molar-refractivity contribution is 7.90. The van der Waals surface area contributed by atoms with Crippen LogP contribution < -0.4 is 9.47 Å². The first-order valence-corrected chi connectivity index (χ1v) is 8.66. The molecule has 0 spiro atoms. The molecule has 0 bridgehead atoms. The molecule has 6 heteroatoms. The maximum absolute atomic E-state index is 13.0. The highest BCUT2D eigenvalue weighted by atomic mass is 32.2. The number of carbonyl (C=O) groups excluding carboxylic acids is 1.